The van der Waals surface area contributed by atoms with Crippen LogP contribution in [0.25, 0.3) is 16.5 Å². The SMILES string of the molecule is C=C(C)NCc1cc2cccc(C)c2c(=O)n1C1=CCCC=C1C. The summed E-state index contributed by atoms with van der Waals surface area (Å²) in [5, 5.41) is 5.06. The van der Waals surface area contributed by atoms with Crippen LogP contribution in [0.3, 0.4) is 0 Å². The number of rotatable bonds is 4. The summed E-state index contributed by atoms with van der Waals surface area (Å²) in [6.07, 6.45) is 6.39. The molecule has 0 saturated heterocycles. The first-order valence-electron chi connectivity index (χ1n) is 8.40. The highest BCUT2D eigenvalue weighted by Gasteiger charge is 2.16. The number of nitrogens with zero attached hydrogens (tertiary/aromatic N) is 1. The van der Waals surface area contributed by atoms with Crippen molar-refractivity contribution >= 4 is 16.5 Å². The van der Waals surface area contributed by atoms with Crippen molar-refractivity contribution in [2.45, 2.75) is 40.2 Å². The maximum Gasteiger partial charge on any atom is 0.263 e. The number of pyridine rings is 1. The molecule has 1 aromatic heterocycles. The van der Waals surface area contributed by atoms with Gasteiger partial charge in [0.1, 0.15) is 0 Å². The number of hydrogen-bond acceptors (Lipinski definition) is 2. The molecule has 0 amide bonds. The van der Waals surface area contributed by atoms with Gasteiger partial charge in [0, 0.05) is 17.1 Å². The van der Waals surface area contributed by atoms with E-state index in [1.54, 1.807) is 0 Å². The van der Waals surface area contributed by atoms with E-state index < -0.39 is 0 Å². The van der Waals surface area contributed by atoms with Crippen LogP contribution in [0.15, 0.2) is 59.1 Å². The third-order valence-corrected chi connectivity index (χ3v) is 4.50. The van der Waals surface area contributed by atoms with Crippen LogP contribution in [0, 0.1) is 6.92 Å². The molecule has 0 radical (unpaired) electrons. The minimum atomic E-state index is 0.0602. The summed E-state index contributed by atoms with van der Waals surface area (Å²) in [5.41, 5.74) is 5.10. The van der Waals surface area contributed by atoms with Crippen molar-refractivity contribution in [1.29, 1.82) is 0 Å². The third-order valence-electron chi connectivity index (χ3n) is 4.50. The Bertz CT molecular complexity index is 929. The zero-order chi connectivity index (χ0) is 17.3. The molecule has 124 valence electrons. The van der Waals surface area contributed by atoms with Gasteiger partial charge in [0.05, 0.1) is 11.9 Å². The first-order chi connectivity index (χ1) is 11.5. The number of aryl methyl sites for hydroxylation is 1. The molecule has 0 atom stereocenters. The average molecular weight is 320 g/mol. The predicted molar refractivity (Wildman–Crippen MR) is 102 cm³/mol. The second kappa shape index (κ2) is 6.52. The Morgan fingerprint density at radius 2 is 2.00 bits per heavy atom. The second-order valence-corrected chi connectivity index (χ2v) is 6.50. The van der Waals surface area contributed by atoms with Gasteiger partial charge in [-0.05, 0) is 56.2 Å². The summed E-state index contributed by atoms with van der Waals surface area (Å²) in [7, 11) is 0. The van der Waals surface area contributed by atoms with Gasteiger partial charge in [0.2, 0.25) is 0 Å². The van der Waals surface area contributed by atoms with Crippen molar-refractivity contribution in [2.24, 2.45) is 0 Å². The van der Waals surface area contributed by atoms with Crippen molar-refractivity contribution in [3.05, 3.63) is 75.9 Å². The van der Waals surface area contributed by atoms with Gasteiger partial charge in [-0.25, -0.2) is 0 Å². The molecule has 0 spiro atoms. The molecule has 1 aliphatic carbocycles. The lowest BCUT2D eigenvalue weighted by Crippen LogP contribution is -2.27. The van der Waals surface area contributed by atoms with E-state index in [1.165, 1.54) is 0 Å². The molecule has 3 heteroatoms. The lowest BCUT2D eigenvalue weighted by atomic mass is 10.0. The summed E-state index contributed by atoms with van der Waals surface area (Å²) < 4.78 is 1.87. The molecule has 0 unspecified atom stereocenters. The number of nitrogens with one attached hydrogen (secondary N) is 1. The molecule has 3 rings (SSSR count). The van der Waals surface area contributed by atoms with Crippen LogP contribution in [0.5, 0.6) is 0 Å². The molecule has 24 heavy (non-hydrogen) atoms. The Hall–Kier alpha value is -2.55. The molecule has 1 heterocycles. The third kappa shape index (κ3) is 2.94. The molecular weight excluding hydrogens is 296 g/mol. The molecule has 3 nitrogen and oxygen atoms in total. The first-order valence-corrected chi connectivity index (χ1v) is 8.40. The van der Waals surface area contributed by atoms with Gasteiger partial charge in [0.15, 0.2) is 0 Å². The molecule has 1 N–H and O–H groups in total. The van der Waals surface area contributed by atoms with Gasteiger partial charge in [-0.1, -0.05) is 36.9 Å². The standard InChI is InChI=1S/C21H24N2O/c1-14(2)22-13-18-12-17-10-7-9-16(4)20(17)21(24)23(18)19-11-6-5-8-15(19)3/h7-12,22H,1,5-6,13H2,2-4H3. The van der Waals surface area contributed by atoms with Crippen molar-refractivity contribution in [3.63, 3.8) is 0 Å². The molecule has 1 aliphatic rings. The largest absolute Gasteiger partial charge is 0.383 e. The van der Waals surface area contributed by atoms with Crippen LogP contribution in [-0.2, 0) is 6.54 Å². The number of aromatic nitrogens is 1. The topological polar surface area (TPSA) is 34.0 Å². The minimum absolute atomic E-state index is 0.0602. The summed E-state index contributed by atoms with van der Waals surface area (Å²) in [6.45, 7) is 10.5. The normalized spacial score (nSPS) is 14.3. The summed E-state index contributed by atoms with van der Waals surface area (Å²) in [6, 6.07) is 8.12. The van der Waals surface area contributed by atoms with Crippen molar-refractivity contribution in [2.75, 3.05) is 0 Å². The highest BCUT2D eigenvalue weighted by molar-refractivity contribution is 5.86. The van der Waals surface area contributed by atoms with Gasteiger partial charge in [-0.15, -0.1) is 0 Å². The summed E-state index contributed by atoms with van der Waals surface area (Å²) in [5.74, 6) is 0. The van der Waals surface area contributed by atoms with Crippen LogP contribution < -0.4 is 10.9 Å². The van der Waals surface area contributed by atoms with Gasteiger partial charge in [-0.3, -0.25) is 9.36 Å². The maximum atomic E-state index is 13.3. The van der Waals surface area contributed by atoms with Crippen LogP contribution in [0.4, 0.5) is 0 Å². The lowest BCUT2D eigenvalue weighted by molar-refractivity contribution is 0.755. The Labute approximate surface area is 143 Å². The van der Waals surface area contributed by atoms with Crippen LogP contribution in [-0.4, -0.2) is 4.57 Å². The van der Waals surface area contributed by atoms with E-state index in [1.807, 2.05) is 36.6 Å². The van der Waals surface area contributed by atoms with E-state index in [0.717, 1.165) is 51.8 Å². The maximum absolute atomic E-state index is 13.3. The highest BCUT2D eigenvalue weighted by Crippen LogP contribution is 2.25. The number of benzene rings is 1. The number of fused-ring (bicyclic) bond motifs is 1. The average Bonchev–Trinajstić information content (AvgIpc) is 2.54. The quantitative estimate of drug-likeness (QED) is 0.899. The van der Waals surface area contributed by atoms with E-state index >= 15 is 0 Å². The zero-order valence-corrected chi connectivity index (χ0v) is 14.6. The minimum Gasteiger partial charge on any atom is -0.383 e. The Balaban J connectivity index is 2.29. The van der Waals surface area contributed by atoms with Crippen molar-refractivity contribution in [3.8, 4) is 0 Å². The Kier molecular flexibility index (Phi) is 4.43. The summed E-state index contributed by atoms with van der Waals surface area (Å²) >= 11 is 0. The molecule has 0 fully saturated rings. The molecule has 0 saturated carbocycles. The Morgan fingerprint density at radius 3 is 2.71 bits per heavy atom. The highest BCUT2D eigenvalue weighted by atomic mass is 16.1. The lowest BCUT2D eigenvalue weighted by Gasteiger charge is -2.21. The molecule has 2 aromatic rings. The fraction of sp³-hybridized carbons (Fsp3) is 0.286. The number of allylic oxidation sites excluding steroid dienone is 5. The van der Waals surface area contributed by atoms with Crippen LogP contribution in [0.1, 0.15) is 37.9 Å². The molecule has 1 aromatic carbocycles. The molecule has 0 bridgehead atoms. The van der Waals surface area contributed by atoms with Gasteiger partial charge in [0.25, 0.3) is 5.56 Å². The van der Waals surface area contributed by atoms with Gasteiger partial charge in [-0.2, -0.15) is 0 Å². The molecular formula is C21H24N2O. The first kappa shape index (κ1) is 16.3. The second-order valence-electron chi connectivity index (χ2n) is 6.50. The van der Waals surface area contributed by atoms with E-state index in [9.17, 15) is 4.79 Å². The van der Waals surface area contributed by atoms with Gasteiger partial charge < -0.3 is 5.32 Å². The van der Waals surface area contributed by atoms with E-state index in [-0.39, 0.29) is 5.56 Å². The van der Waals surface area contributed by atoms with Crippen LogP contribution >= 0.6 is 0 Å². The van der Waals surface area contributed by atoms with Crippen LogP contribution in [0.2, 0.25) is 0 Å². The van der Waals surface area contributed by atoms with Gasteiger partial charge >= 0.3 is 0 Å². The van der Waals surface area contributed by atoms with Crippen molar-refractivity contribution < 1.29 is 0 Å². The smallest absolute Gasteiger partial charge is 0.263 e. The summed E-state index contributed by atoms with van der Waals surface area (Å²) in [4.78, 5) is 13.3. The fourth-order valence-corrected chi connectivity index (χ4v) is 3.28. The predicted octanol–water partition coefficient (Wildman–Crippen LogP) is 4.51. The van der Waals surface area contributed by atoms with E-state index in [2.05, 4.69) is 37.0 Å². The number of hydrogen-bond donors (Lipinski definition) is 1. The molecule has 0 aliphatic heterocycles. The fourth-order valence-electron chi connectivity index (χ4n) is 3.28. The van der Waals surface area contributed by atoms with E-state index in [4.69, 9.17) is 0 Å². The monoisotopic (exact) mass is 320 g/mol. The van der Waals surface area contributed by atoms with Crippen molar-refractivity contribution in [1.82, 2.24) is 9.88 Å². The Morgan fingerprint density at radius 1 is 1.25 bits per heavy atom. The zero-order valence-electron chi connectivity index (χ0n) is 14.6. The van der Waals surface area contributed by atoms with E-state index in [0.29, 0.717) is 6.54 Å².